The van der Waals surface area contributed by atoms with E-state index in [1.807, 2.05) is 99.8 Å². The number of hydrogen-bond donors (Lipinski definition) is 3. The molecule has 1 unspecified atom stereocenters. The lowest BCUT2D eigenvalue weighted by atomic mass is 9.50. The van der Waals surface area contributed by atoms with Gasteiger partial charge in [-0.05, 0) is 86.0 Å². The van der Waals surface area contributed by atoms with Gasteiger partial charge in [0.25, 0.3) is 0 Å². The number of aromatic hydroxyl groups is 1. The summed E-state index contributed by atoms with van der Waals surface area (Å²) in [5.41, 5.74) is 5.17. The lowest BCUT2D eigenvalue weighted by Crippen LogP contribution is -2.65. The summed E-state index contributed by atoms with van der Waals surface area (Å²) in [7, 11) is 2.00. The molecular weight excluding hydrogens is 654 g/mol. The maximum Gasteiger partial charge on any atom is 0.308 e. The quantitative estimate of drug-likeness (QED) is 0.114. The molecule has 3 N–H and O–H groups in total. The Morgan fingerprint density at radius 3 is 2.21 bits per heavy atom. The van der Waals surface area contributed by atoms with Gasteiger partial charge in [0.2, 0.25) is 0 Å². The SMILES string of the molecule is C/C=C(/C(=C/C)c1ccc(OC(C)=O)cc1)c1ccc(O)cc1.CN1CC[C@]23C4=C5O[C@H]2[C@@H](O)C=C[C@H]3[C@H]1C(=O)C4=CCC5(O)Cc1ccccc1. The Bertz CT molecular complexity index is 2020. The second kappa shape index (κ2) is 13.8. The Morgan fingerprint density at radius 1 is 0.962 bits per heavy atom. The number of likely N-dealkylation sites (N-methyl/N-ethyl adjacent to an activating group) is 1. The molecule has 2 aliphatic heterocycles. The van der Waals surface area contributed by atoms with E-state index in [2.05, 4.69) is 4.90 Å². The van der Waals surface area contributed by atoms with Crippen molar-refractivity contribution in [2.45, 2.75) is 63.9 Å². The standard InChI is InChI=1S/C24H25NO4.C20H20O3/c1-25-12-11-24-16-7-8-17(26)21(24)29-22-18(24)15(20(27)19(16)25)9-10-23(22,28)13-14-5-3-2-4-6-14;1-4-19(15-6-10-17(22)11-7-15)20(5-2)16-8-12-18(13-9-16)23-14(3)21/h2-9,16-17,19,21,26,28H,10-13H2,1H3;4-13,22H,1-3H3/b;19-4+,20-5+/t16-,17-,19-,21-,23?,24-;/m0./s1. The van der Waals surface area contributed by atoms with Crippen LogP contribution >= 0.6 is 0 Å². The second-order valence-corrected chi connectivity index (χ2v) is 14.3. The van der Waals surface area contributed by atoms with Crippen LogP contribution in [0.3, 0.4) is 0 Å². The van der Waals surface area contributed by atoms with Gasteiger partial charge in [0, 0.05) is 42.2 Å². The van der Waals surface area contributed by atoms with Crippen LogP contribution in [0, 0.1) is 11.3 Å². The molecule has 5 aliphatic rings. The van der Waals surface area contributed by atoms with Crippen molar-refractivity contribution in [1.82, 2.24) is 4.90 Å². The van der Waals surface area contributed by atoms with Gasteiger partial charge >= 0.3 is 5.97 Å². The number of hydrogen-bond acceptors (Lipinski definition) is 8. The van der Waals surface area contributed by atoms with Crippen LogP contribution in [0.25, 0.3) is 11.1 Å². The van der Waals surface area contributed by atoms with Gasteiger partial charge in [-0.1, -0.05) is 85.0 Å². The average Bonchev–Trinajstić information content (AvgIpc) is 3.50. The molecule has 0 radical (unpaired) electrons. The Kier molecular flexibility index (Phi) is 9.42. The van der Waals surface area contributed by atoms with E-state index in [-0.39, 0.29) is 29.5 Å². The summed E-state index contributed by atoms with van der Waals surface area (Å²) in [5, 5.41) is 32.0. The third-order valence-electron chi connectivity index (χ3n) is 11.2. The minimum Gasteiger partial charge on any atom is -0.508 e. The Labute approximate surface area is 304 Å². The number of benzene rings is 3. The van der Waals surface area contributed by atoms with Crippen molar-refractivity contribution in [3.05, 3.63) is 143 Å². The number of ether oxygens (including phenoxy) is 2. The topological polar surface area (TPSA) is 117 Å². The van der Waals surface area contributed by atoms with Crippen LogP contribution in [-0.4, -0.2) is 69.4 Å². The van der Waals surface area contributed by atoms with E-state index in [0.717, 1.165) is 46.4 Å². The number of allylic oxidation sites excluding steroid dienone is 4. The fourth-order valence-corrected chi connectivity index (χ4v) is 8.96. The Morgan fingerprint density at radius 2 is 1.60 bits per heavy atom. The number of Topliss-reactive ketones (excluding diaryl/α,β-unsaturated/α-hetero) is 1. The number of piperidine rings is 1. The number of nitrogens with zero attached hydrogens (tertiary/aromatic N) is 1. The molecule has 268 valence electrons. The highest BCUT2D eigenvalue weighted by Gasteiger charge is 2.69. The molecule has 3 aromatic rings. The molecule has 0 aromatic heterocycles. The molecule has 2 fully saturated rings. The largest absolute Gasteiger partial charge is 0.508 e. The third-order valence-corrected chi connectivity index (χ3v) is 11.2. The van der Waals surface area contributed by atoms with Gasteiger partial charge < -0.3 is 24.8 Å². The molecule has 6 atom stereocenters. The van der Waals surface area contributed by atoms with Gasteiger partial charge in [0.1, 0.15) is 35.1 Å². The van der Waals surface area contributed by atoms with Crippen molar-refractivity contribution < 1.29 is 34.4 Å². The maximum atomic E-state index is 13.5. The summed E-state index contributed by atoms with van der Waals surface area (Å²) in [4.78, 5) is 26.6. The van der Waals surface area contributed by atoms with Crippen LogP contribution in [0.2, 0.25) is 0 Å². The van der Waals surface area contributed by atoms with Gasteiger partial charge in [-0.25, -0.2) is 0 Å². The Balaban J connectivity index is 0.000000167. The lowest BCUT2D eigenvalue weighted by Gasteiger charge is -2.57. The second-order valence-electron chi connectivity index (χ2n) is 14.3. The van der Waals surface area contributed by atoms with Crippen molar-refractivity contribution in [3.8, 4) is 11.5 Å². The van der Waals surface area contributed by atoms with E-state index in [1.165, 1.54) is 6.92 Å². The highest BCUT2D eigenvalue weighted by atomic mass is 16.5. The number of likely N-dealkylation sites (tertiary alicyclic amines) is 1. The van der Waals surface area contributed by atoms with E-state index in [4.69, 9.17) is 9.47 Å². The molecule has 8 nitrogen and oxygen atoms in total. The van der Waals surface area contributed by atoms with Gasteiger partial charge in [0.15, 0.2) is 5.78 Å². The summed E-state index contributed by atoms with van der Waals surface area (Å²) in [6.07, 6.45) is 10.2. The van der Waals surface area contributed by atoms with Crippen LogP contribution < -0.4 is 4.74 Å². The molecule has 1 saturated carbocycles. The molecule has 8 heteroatoms. The molecule has 1 saturated heterocycles. The monoisotopic (exact) mass is 699 g/mol. The van der Waals surface area contributed by atoms with Crippen molar-refractivity contribution in [2.24, 2.45) is 11.3 Å². The van der Waals surface area contributed by atoms with Gasteiger partial charge in [0.05, 0.1) is 6.04 Å². The summed E-state index contributed by atoms with van der Waals surface area (Å²) >= 11 is 0. The summed E-state index contributed by atoms with van der Waals surface area (Å²) < 4.78 is 11.5. The van der Waals surface area contributed by atoms with E-state index < -0.39 is 23.2 Å². The number of carbonyl (C=O) groups is 2. The van der Waals surface area contributed by atoms with Crippen LogP contribution in [0.1, 0.15) is 50.3 Å². The van der Waals surface area contributed by atoms with Crippen molar-refractivity contribution in [2.75, 3.05) is 13.6 Å². The van der Waals surface area contributed by atoms with E-state index in [9.17, 15) is 24.9 Å². The van der Waals surface area contributed by atoms with Gasteiger partial charge in [-0.2, -0.15) is 0 Å². The number of ketones is 1. The van der Waals surface area contributed by atoms with Crippen molar-refractivity contribution in [3.63, 3.8) is 0 Å². The highest BCUT2D eigenvalue weighted by Crippen LogP contribution is 2.65. The van der Waals surface area contributed by atoms with Gasteiger partial charge in [-0.3, -0.25) is 14.5 Å². The number of aliphatic hydroxyl groups is 2. The number of carbonyl (C=O) groups excluding carboxylic acids is 2. The molecular formula is C44H45NO7. The minimum absolute atomic E-state index is 0.0362. The molecule has 0 amide bonds. The first-order valence-electron chi connectivity index (χ1n) is 17.9. The third kappa shape index (κ3) is 5.94. The zero-order valence-corrected chi connectivity index (χ0v) is 30.0. The van der Waals surface area contributed by atoms with Crippen LogP contribution in [-0.2, 0) is 20.7 Å². The molecule has 1 spiro atoms. The first-order chi connectivity index (χ1) is 25.0. The number of esters is 1. The molecule has 3 aromatic carbocycles. The zero-order chi connectivity index (χ0) is 36.8. The molecule has 3 aliphatic carbocycles. The van der Waals surface area contributed by atoms with Crippen molar-refractivity contribution >= 4 is 22.9 Å². The van der Waals surface area contributed by atoms with Crippen LogP contribution in [0.15, 0.2) is 126 Å². The summed E-state index contributed by atoms with van der Waals surface area (Å²) in [6.45, 7) is 6.13. The predicted molar refractivity (Wildman–Crippen MR) is 200 cm³/mol. The normalized spacial score (nSPS) is 29.0. The van der Waals surface area contributed by atoms with Crippen molar-refractivity contribution in [1.29, 1.82) is 0 Å². The predicted octanol–water partition coefficient (Wildman–Crippen LogP) is 6.59. The average molecular weight is 700 g/mol. The van der Waals surface area contributed by atoms with E-state index >= 15 is 0 Å². The lowest BCUT2D eigenvalue weighted by molar-refractivity contribution is -0.136. The summed E-state index contributed by atoms with van der Waals surface area (Å²) in [6, 6.07) is 24.2. The first-order valence-corrected chi connectivity index (χ1v) is 17.9. The van der Waals surface area contributed by atoms with E-state index in [0.29, 0.717) is 29.9 Å². The Hall–Kier alpha value is -5.02. The fraction of sp³-hybridized carbons (Fsp3) is 0.318. The molecule has 8 rings (SSSR count). The molecule has 52 heavy (non-hydrogen) atoms. The van der Waals surface area contributed by atoms with Gasteiger partial charge in [-0.15, -0.1) is 0 Å². The summed E-state index contributed by atoms with van der Waals surface area (Å²) in [5.74, 6) is 1.05. The molecule has 2 heterocycles. The maximum absolute atomic E-state index is 13.5. The fourth-order valence-electron chi connectivity index (χ4n) is 8.96. The number of phenols is 1. The number of phenolic OH excluding ortho intramolecular Hbond substituents is 1. The minimum atomic E-state index is -1.20. The van der Waals surface area contributed by atoms with Crippen LogP contribution in [0.5, 0.6) is 11.5 Å². The molecule has 2 bridgehead atoms. The smallest absolute Gasteiger partial charge is 0.308 e. The first kappa shape index (κ1) is 35.4. The van der Waals surface area contributed by atoms with E-state index in [1.54, 1.807) is 30.3 Å². The number of aliphatic hydroxyl groups excluding tert-OH is 1. The highest BCUT2D eigenvalue weighted by molar-refractivity contribution is 6.07. The van der Waals surface area contributed by atoms with Crippen LogP contribution in [0.4, 0.5) is 0 Å². The zero-order valence-electron chi connectivity index (χ0n) is 30.0. The number of rotatable bonds is 6.